The molecule has 1 aromatic heterocycles. The van der Waals surface area contributed by atoms with Gasteiger partial charge in [-0.25, -0.2) is 4.98 Å². The number of hydrogen-bond acceptors (Lipinski definition) is 5. The van der Waals surface area contributed by atoms with Gasteiger partial charge in [-0.3, -0.25) is 4.99 Å². The zero-order chi connectivity index (χ0) is 19.5. The highest BCUT2D eigenvalue weighted by Gasteiger charge is 2.08. The molecular weight excluding hydrogens is 487 g/mol. The summed E-state index contributed by atoms with van der Waals surface area (Å²) in [5.74, 6) is 1.76. The summed E-state index contributed by atoms with van der Waals surface area (Å²) in [6, 6.07) is 7.95. The number of nitrogens with zero attached hydrogens (tertiary/aromatic N) is 3. The molecule has 0 spiro atoms. The Hall–Kier alpha value is -1.39. The van der Waals surface area contributed by atoms with Gasteiger partial charge >= 0.3 is 0 Å². The molecule has 2 aromatic rings. The fourth-order valence-corrected chi connectivity index (χ4v) is 3.14. The first-order valence-corrected chi connectivity index (χ1v) is 10.1. The Morgan fingerprint density at radius 1 is 1.29 bits per heavy atom. The maximum Gasteiger partial charge on any atom is 0.194 e. The summed E-state index contributed by atoms with van der Waals surface area (Å²) in [7, 11) is 3.71. The number of guanidine groups is 1. The van der Waals surface area contributed by atoms with Gasteiger partial charge in [-0.15, -0.1) is 35.3 Å². The van der Waals surface area contributed by atoms with Crippen molar-refractivity contribution in [2.75, 3.05) is 33.9 Å². The molecule has 0 atom stereocenters. The molecule has 1 N–H and O–H groups in total. The van der Waals surface area contributed by atoms with Crippen molar-refractivity contribution in [2.45, 2.75) is 33.4 Å². The Kier molecular flexibility index (Phi) is 12.1. The molecule has 0 radical (unpaired) electrons. The molecule has 6 nitrogen and oxygen atoms in total. The number of halogens is 1. The van der Waals surface area contributed by atoms with E-state index < -0.39 is 0 Å². The third kappa shape index (κ3) is 8.74. The maximum atomic E-state index is 5.74. The van der Waals surface area contributed by atoms with Crippen LogP contribution in [0.25, 0.3) is 0 Å². The largest absolute Gasteiger partial charge is 0.497 e. The number of nitrogens with one attached hydrogen (secondary N) is 1. The van der Waals surface area contributed by atoms with E-state index in [1.807, 2.05) is 38.2 Å². The first-order chi connectivity index (χ1) is 13.1. The van der Waals surface area contributed by atoms with Crippen LogP contribution in [0.5, 0.6) is 5.75 Å². The lowest BCUT2D eigenvalue weighted by molar-refractivity contribution is 0.120. The van der Waals surface area contributed by atoms with E-state index in [0.717, 1.165) is 54.0 Å². The van der Waals surface area contributed by atoms with Gasteiger partial charge in [0.05, 0.1) is 31.0 Å². The molecule has 0 saturated heterocycles. The summed E-state index contributed by atoms with van der Waals surface area (Å²) < 4.78 is 10.9. The van der Waals surface area contributed by atoms with E-state index in [1.165, 1.54) is 0 Å². The Bertz CT molecular complexity index is 706. The third-order valence-electron chi connectivity index (χ3n) is 3.90. The zero-order valence-electron chi connectivity index (χ0n) is 17.1. The second kappa shape index (κ2) is 13.7. The van der Waals surface area contributed by atoms with Crippen LogP contribution in [0, 0.1) is 6.92 Å². The average molecular weight is 518 g/mol. The SMILES string of the molecule is CCNC(=NCCCOCc1ccc(OC)cc1)N(C)Cc1csc(C)n1.I. The summed E-state index contributed by atoms with van der Waals surface area (Å²) in [6.45, 7) is 7.72. The van der Waals surface area contributed by atoms with E-state index in [0.29, 0.717) is 13.2 Å². The Morgan fingerprint density at radius 2 is 2.04 bits per heavy atom. The number of ether oxygens (including phenoxy) is 2. The van der Waals surface area contributed by atoms with Crippen molar-refractivity contribution in [1.82, 2.24) is 15.2 Å². The number of aryl methyl sites for hydroxylation is 1. The van der Waals surface area contributed by atoms with E-state index >= 15 is 0 Å². The quantitative estimate of drug-likeness (QED) is 0.222. The number of benzene rings is 1. The number of rotatable bonds is 10. The molecule has 0 aliphatic heterocycles. The van der Waals surface area contributed by atoms with Gasteiger partial charge in [0, 0.05) is 32.1 Å². The molecule has 0 aliphatic rings. The van der Waals surface area contributed by atoms with Gasteiger partial charge in [-0.1, -0.05) is 12.1 Å². The smallest absolute Gasteiger partial charge is 0.194 e. The molecule has 8 heteroatoms. The average Bonchev–Trinajstić information content (AvgIpc) is 3.08. The second-order valence-electron chi connectivity index (χ2n) is 6.20. The van der Waals surface area contributed by atoms with Gasteiger partial charge in [-0.2, -0.15) is 0 Å². The molecule has 28 heavy (non-hydrogen) atoms. The van der Waals surface area contributed by atoms with E-state index in [2.05, 4.69) is 27.5 Å². The molecule has 0 saturated carbocycles. The lowest BCUT2D eigenvalue weighted by atomic mass is 10.2. The van der Waals surface area contributed by atoms with Crippen LogP contribution in [0.3, 0.4) is 0 Å². The van der Waals surface area contributed by atoms with E-state index in [9.17, 15) is 0 Å². The highest BCUT2D eigenvalue weighted by molar-refractivity contribution is 14.0. The topological polar surface area (TPSA) is 59.0 Å². The van der Waals surface area contributed by atoms with Gasteiger partial charge in [0.2, 0.25) is 0 Å². The first kappa shape index (κ1) is 24.6. The highest BCUT2D eigenvalue weighted by atomic mass is 127. The summed E-state index contributed by atoms with van der Waals surface area (Å²) in [4.78, 5) is 11.3. The normalized spacial score (nSPS) is 11.1. The monoisotopic (exact) mass is 518 g/mol. The van der Waals surface area contributed by atoms with Crippen LogP contribution < -0.4 is 10.1 Å². The standard InChI is InChI=1S/C20H30N4O2S.HI/c1-5-21-20(24(3)13-18-15-27-16(2)23-18)22-11-6-12-26-14-17-7-9-19(25-4)10-8-17;/h7-10,15H,5-6,11-14H2,1-4H3,(H,21,22);1H. The second-order valence-corrected chi connectivity index (χ2v) is 7.27. The minimum Gasteiger partial charge on any atom is -0.497 e. The summed E-state index contributed by atoms with van der Waals surface area (Å²) in [5.41, 5.74) is 2.22. The van der Waals surface area contributed by atoms with Crippen molar-refractivity contribution in [1.29, 1.82) is 0 Å². The van der Waals surface area contributed by atoms with Crippen LogP contribution in [0.2, 0.25) is 0 Å². The van der Waals surface area contributed by atoms with Crippen LogP contribution in [-0.4, -0.2) is 49.7 Å². The minimum atomic E-state index is 0. The third-order valence-corrected chi connectivity index (χ3v) is 4.72. The molecule has 0 fully saturated rings. The molecule has 0 aliphatic carbocycles. The van der Waals surface area contributed by atoms with Crippen LogP contribution >= 0.6 is 35.3 Å². The number of aromatic nitrogens is 1. The van der Waals surface area contributed by atoms with Gasteiger partial charge in [0.15, 0.2) is 5.96 Å². The highest BCUT2D eigenvalue weighted by Crippen LogP contribution is 2.12. The molecule has 0 bridgehead atoms. The first-order valence-electron chi connectivity index (χ1n) is 9.23. The maximum absolute atomic E-state index is 5.74. The number of thiazole rings is 1. The molecule has 1 aromatic carbocycles. The molecule has 1 heterocycles. The van der Waals surface area contributed by atoms with Crippen LogP contribution in [-0.2, 0) is 17.9 Å². The molecule has 0 unspecified atom stereocenters. The predicted octanol–water partition coefficient (Wildman–Crippen LogP) is 4.08. The summed E-state index contributed by atoms with van der Waals surface area (Å²) >= 11 is 1.68. The predicted molar refractivity (Wildman–Crippen MR) is 127 cm³/mol. The Balaban J connectivity index is 0.00000392. The van der Waals surface area contributed by atoms with Crippen LogP contribution in [0.15, 0.2) is 34.6 Å². The zero-order valence-corrected chi connectivity index (χ0v) is 20.3. The van der Waals surface area contributed by atoms with Gasteiger partial charge in [0.25, 0.3) is 0 Å². The van der Waals surface area contributed by atoms with Crippen molar-refractivity contribution in [3.8, 4) is 5.75 Å². The van der Waals surface area contributed by atoms with Crippen LogP contribution in [0.1, 0.15) is 29.6 Å². The van der Waals surface area contributed by atoms with E-state index in [4.69, 9.17) is 14.5 Å². The fourth-order valence-electron chi connectivity index (χ4n) is 2.53. The van der Waals surface area contributed by atoms with Crippen molar-refractivity contribution in [3.05, 3.63) is 45.9 Å². The van der Waals surface area contributed by atoms with Gasteiger partial charge < -0.3 is 19.7 Å². The Morgan fingerprint density at radius 3 is 2.64 bits per heavy atom. The summed E-state index contributed by atoms with van der Waals surface area (Å²) in [6.07, 6.45) is 0.884. The van der Waals surface area contributed by atoms with Crippen LogP contribution in [0.4, 0.5) is 0 Å². The van der Waals surface area contributed by atoms with E-state index in [1.54, 1.807) is 18.4 Å². The molecule has 0 amide bonds. The van der Waals surface area contributed by atoms with Gasteiger partial charge in [-0.05, 0) is 38.0 Å². The number of methoxy groups -OCH3 is 1. The molecule has 2 rings (SSSR count). The van der Waals surface area contributed by atoms with E-state index in [-0.39, 0.29) is 24.0 Å². The number of aliphatic imine (C=N–C) groups is 1. The number of hydrogen-bond donors (Lipinski definition) is 1. The van der Waals surface area contributed by atoms with Crippen molar-refractivity contribution < 1.29 is 9.47 Å². The molecule has 156 valence electrons. The summed E-state index contributed by atoms with van der Waals surface area (Å²) in [5, 5.41) is 6.53. The van der Waals surface area contributed by atoms with Crippen molar-refractivity contribution in [3.63, 3.8) is 0 Å². The lowest BCUT2D eigenvalue weighted by Crippen LogP contribution is -2.38. The van der Waals surface area contributed by atoms with Crippen molar-refractivity contribution in [2.24, 2.45) is 4.99 Å². The Labute approximate surface area is 189 Å². The minimum absolute atomic E-state index is 0. The fraction of sp³-hybridized carbons (Fsp3) is 0.500. The van der Waals surface area contributed by atoms with Crippen molar-refractivity contribution >= 4 is 41.3 Å². The van der Waals surface area contributed by atoms with Gasteiger partial charge in [0.1, 0.15) is 5.75 Å². The lowest BCUT2D eigenvalue weighted by Gasteiger charge is -2.21. The molecular formula is C20H31IN4O2S.